The van der Waals surface area contributed by atoms with Gasteiger partial charge in [-0.2, -0.15) is 5.10 Å². The summed E-state index contributed by atoms with van der Waals surface area (Å²) in [6.07, 6.45) is 2.25. The van der Waals surface area contributed by atoms with E-state index in [4.69, 9.17) is 10.5 Å². The van der Waals surface area contributed by atoms with Crippen LogP contribution in [0.4, 0.5) is 0 Å². The molecule has 0 spiro atoms. The second-order valence-corrected chi connectivity index (χ2v) is 4.78. The SMILES string of the molecule is COCCC(N)C(=O)Cc1ncnn1CC(C)C. The Morgan fingerprint density at radius 3 is 2.89 bits per heavy atom. The van der Waals surface area contributed by atoms with E-state index < -0.39 is 6.04 Å². The zero-order valence-corrected chi connectivity index (χ0v) is 11.3. The normalized spacial score (nSPS) is 12.9. The van der Waals surface area contributed by atoms with Crippen LogP contribution in [-0.4, -0.2) is 40.3 Å². The summed E-state index contributed by atoms with van der Waals surface area (Å²) >= 11 is 0. The highest BCUT2D eigenvalue weighted by Gasteiger charge is 2.17. The minimum atomic E-state index is -0.492. The van der Waals surface area contributed by atoms with Crippen molar-refractivity contribution in [1.29, 1.82) is 0 Å². The van der Waals surface area contributed by atoms with Gasteiger partial charge in [0.25, 0.3) is 0 Å². The summed E-state index contributed by atoms with van der Waals surface area (Å²) < 4.78 is 6.68. The molecular formula is C12H22N4O2. The van der Waals surface area contributed by atoms with Crippen LogP contribution in [0.5, 0.6) is 0 Å². The van der Waals surface area contributed by atoms with Crippen LogP contribution < -0.4 is 5.73 Å². The Morgan fingerprint density at radius 2 is 2.28 bits per heavy atom. The summed E-state index contributed by atoms with van der Waals surface area (Å²) in [5, 5.41) is 4.12. The number of nitrogens with two attached hydrogens (primary N) is 1. The van der Waals surface area contributed by atoms with Gasteiger partial charge in [-0.25, -0.2) is 9.67 Å². The first-order chi connectivity index (χ1) is 8.54. The van der Waals surface area contributed by atoms with Gasteiger partial charge in [0.05, 0.1) is 12.5 Å². The molecule has 0 bridgehead atoms. The number of hydrogen-bond donors (Lipinski definition) is 1. The molecule has 1 aromatic heterocycles. The Hall–Kier alpha value is -1.27. The Balaban J connectivity index is 2.56. The van der Waals surface area contributed by atoms with E-state index >= 15 is 0 Å². The van der Waals surface area contributed by atoms with Crippen molar-refractivity contribution in [3.8, 4) is 0 Å². The molecule has 6 nitrogen and oxygen atoms in total. The number of ether oxygens (including phenoxy) is 1. The number of methoxy groups -OCH3 is 1. The zero-order chi connectivity index (χ0) is 13.5. The number of rotatable bonds is 8. The molecule has 0 radical (unpaired) electrons. The highest BCUT2D eigenvalue weighted by Crippen LogP contribution is 2.04. The van der Waals surface area contributed by atoms with Gasteiger partial charge in [0.2, 0.25) is 0 Å². The van der Waals surface area contributed by atoms with E-state index in [1.165, 1.54) is 6.33 Å². The van der Waals surface area contributed by atoms with E-state index in [1.807, 2.05) is 0 Å². The highest BCUT2D eigenvalue weighted by atomic mass is 16.5. The standard InChI is InChI=1S/C12H22N4O2/c1-9(2)7-16-12(14-8-15-16)6-11(17)10(13)4-5-18-3/h8-10H,4-7,13H2,1-3H3. The zero-order valence-electron chi connectivity index (χ0n) is 11.3. The highest BCUT2D eigenvalue weighted by molar-refractivity contribution is 5.85. The smallest absolute Gasteiger partial charge is 0.157 e. The quantitative estimate of drug-likeness (QED) is 0.726. The van der Waals surface area contributed by atoms with Crippen LogP contribution in [0.25, 0.3) is 0 Å². The van der Waals surface area contributed by atoms with Crippen LogP contribution in [0.15, 0.2) is 6.33 Å². The van der Waals surface area contributed by atoms with Gasteiger partial charge in [-0.1, -0.05) is 13.8 Å². The third-order valence-corrected chi connectivity index (χ3v) is 2.61. The maximum atomic E-state index is 11.9. The molecule has 0 saturated carbocycles. The van der Waals surface area contributed by atoms with Crippen molar-refractivity contribution in [2.75, 3.05) is 13.7 Å². The first-order valence-electron chi connectivity index (χ1n) is 6.18. The molecule has 0 aliphatic rings. The summed E-state index contributed by atoms with van der Waals surface area (Å²) in [6.45, 7) is 5.44. The number of carbonyl (C=O) groups is 1. The molecule has 2 N–H and O–H groups in total. The van der Waals surface area contributed by atoms with E-state index in [2.05, 4.69) is 23.9 Å². The van der Waals surface area contributed by atoms with E-state index in [0.29, 0.717) is 24.8 Å². The first kappa shape index (κ1) is 14.8. The third kappa shape index (κ3) is 4.54. The van der Waals surface area contributed by atoms with E-state index in [9.17, 15) is 4.79 Å². The van der Waals surface area contributed by atoms with Crippen molar-refractivity contribution in [1.82, 2.24) is 14.8 Å². The van der Waals surface area contributed by atoms with Crippen LogP contribution in [0.2, 0.25) is 0 Å². The molecular weight excluding hydrogens is 232 g/mol. The molecule has 1 atom stereocenters. The molecule has 102 valence electrons. The average Bonchev–Trinajstić information content (AvgIpc) is 2.72. The lowest BCUT2D eigenvalue weighted by molar-refractivity contribution is -0.120. The lowest BCUT2D eigenvalue weighted by Gasteiger charge is -2.11. The van der Waals surface area contributed by atoms with Crippen molar-refractivity contribution < 1.29 is 9.53 Å². The van der Waals surface area contributed by atoms with Gasteiger partial charge in [-0.15, -0.1) is 0 Å². The average molecular weight is 254 g/mol. The van der Waals surface area contributed by atoms with Gasteiger partial charge >= 0.3 is 0 Å². The Morgan fingerprint density at radius 1 is 1.56 bits per heavy atom. The Labute approximate surface area is 108 Å². The summed E-state index contributed by atoms with van der Waals surface area (Å²) in [5.41, 5.74) is 5.78. The number of Topliss-reactive ketones (excluding diaryl/α,β-unsaturated/α-hetero) is 1. The van der Waals surface area contributed by atoms with Crippen molar-refractivity contribution in [3.05, 3.63) is 12.2 Å². The van der Waals surface area contributed by atoms with Gasteiger partial charge in [-0.05, 0) is 12.3 Å². The van der Waals surface area contributed by atoms with Crippen LogP contribution in [0.1, 0.15) is 26.1 Å². The van der Waals surface area contributed by atoms with Crippen molar-refractivity contribution in [2.24, 2.45) is 11.7 Å². The van der Waals surface area contributed by atoms with Crippen molar-refractivity contribution in [2.45, 2.75) is 39.3 Å². The van der Waals surface area contributed by atoms with Crippen LogP contribution in [0, 0.1) is 5.92 Å². The molecule has 6 heteroatoms. The molecule has 0 aliphatic heterocycles. The minimum absolute atomic E-state index is 0.0231. The van der Waals surface area contributed by atoms with Crippen LogP contribution in [-0.2, 0) is 22.5 Å². The summed E-state index contributed by atoms with van der Waals surface area (Å²) in [4.78, 5) is 16.0. The molecule has 1 unspecified atom stereocenters. The van der Waals surface area contributed by atoms with Crippen LogP contribution in [0.3, 0.4) is 0 Å². The fourth-order valence-corrected chi connectivity index (χ4v) is 1.62. The van der Waals surface area contributed by atoms with Gasteiger partial charge < -0.3 is 10.5 Å². The summed E-state index contributed by atoms with van der Waals surface area (Å²) in [6, 6.07) is -0.492. The molecule has 1 rings (SSSR count). The fourth-order valence-electron chi connectivity index (χ4n) is 1.62. The molecule has 0 aromatic carbocycles. The second-order valence-electron chi connectivity index (χ2n) is 4.78. The summed E-state index contributed by atoms with van der Waals surface area (Å²) in [7, 11) is 1.59. The molecule has 18 heavy (non-hydrogen) atoms. The topological polar surface area (TPSA) is 83.0 Å². The number of carbonyl (C=O) groups excluding carboxylic acids is 1. The second kappa shape index (κ2) is 7.23. The Bertz CT molecular complexity index is 376. The Kier molecular flexibility index (Phi) is 5.94. The van der Waals surface area contributed by atoms with Crippen molar-refractivity contribution >= 4 is 5.78 Å². The van der Waals surface area contributed by atoms with E-state index in [0.717, 1.165) is 6.54 Å². The van der Waals surface area contributed by atoms with E-state index in [-0.39, 0.29) is 12.2 Å². The van der Waals surface area contributed by atoms with Crippen LogP contribution >= 0.6 is 0 Å². The number of hydrogen-bond acceptors (Lipinski definition) is 5. The van der Waals surface area contributed by atoms with Gasteiger partial charge in [0, 0.05) is 20.3 Å². The molecule has 0 saturated heterocycles. The molecule has 1 aromatic rings. The predicted octanol–water partition coefficient (Wildman–Crippen LogP) is 0.410. The summed E-state index contributed by atoms with van der Waals surface area (Å²) in [5.74, 6) is 1.12. The largest absolute Gasteiger partial charge is 0.385 e. The third-order valence-electron chi connectivity index (χ3n) is 2.61. The van der Waals surface area contributed by atoms with Gasteiger partial charge in [-0.3, -0.25) is 4.79 Å². The lowest BCUT2D eigenvalue weighted by atomic mass is 10.1. The first-order valence-corrected chi connectivity index (χ1v) is 6.18. The monoisotopic (exact) mass is 254 g/mol. The molecule has 0 fully saturated rings. The fraction of sp³-hybridized carbons (Fsp3) is 0.750. The maximum Gasteiger partial charge on any atom is 0.157 e. The molecule has 0 amide bonds. The molecule has 0 aliphatic carbocycles. The maximum absolute atomic E-state index is 11.9. The van der Waals surface area contributed by atoms with Crippen molar-refractivity contribution in [3.63, 3.8) is 0 Å². The lowest BCUT2D eigenvalue weighted by Crippen LogP contribution is -2.33. The van der Waals surface area contributed by atoms with Gasteiger partial charge in [0.1, 0.15) is 12.2 Å². The number of aromatic nitrogens is 3. The van der Waals surface area contributed by atoms with Gasteiger partial charge in [0.15, 0.2) is 5.78 Å². The predicted molar refractivity (Wildman–Crippen MR) is 68.0 cm³/mol. The molecule has 1 heterocycles. The number of ketones is 1. The number of nitrogens with zero attached hydrogens (tertiary/aromatic N) is 3. The van der Waals surface area contributed by atoms with E-state index in [1.54, 1.807) is 11.8 Å². The minimum Gasteiger partial charge on any atom is -0.385 e.